The van der Waals surface area contributed by atoms with Gasteiger partial charge < -0.3 is 19.4 Å². The van der Waals surface area contributed by atoms with Gasteiger partial charge in [0.05, 0.1) is 19.8 Å². The Morgan fingerprint density at radius 3 is 2.65 bits per heavy atom. The summed E-state index contributed by atoms with van der Waals surface area (Å²) in [5, 5.41) is 1.20. The number of aromatic nitrogens is 1. The van der Waals surface area contributed by atoms with E-state index in [-0.39, 0.29) is 5.91 Å². The van der Waals surface area contributed by atoms with Crippen LogP contribution in [-0.2, 0) is 13.0 Å². The molecule has 0 saturated carbocycles. The van der Waals surface area contributed by atoms with E-state index in [0.717, 1.165) is 15.5 Å². The van der Waals surface area contributed by atoms with Gasteiger partial charge in [0.25, 0.3) is 5.91 Å². The second-order valence-corrected chi connectivity index (χ2v) is 7.45. The number of benzene rings is 2. The number of aromatic amines is 1. The number of hydrogen-bond acceptors (Lipinski definition) is 3. The zero-order valence-electron chi connectivity index (χ0n) is 14.6. The average Bonchev–Trinajstić information content (AvgIpc) is 3.05. The molecule has 0 atom stereocenters. The molecule has 2 aromatic carbocycles. The lowest BCUT2D eigenvalue weighted by atomic mass is 10.0. The normalized spacial score (nSPS) is 13.6. The third-order valence-electron chi connectivity index (χ3n) is 4.87. The van der Waals surface area contributed by atoms with E-state index in [1.165, 1.54) is 16.6 Å². The van der Waals surface area contributed by atoms with E-state index in [2.05, 4.69) is 39.7 Å². The van der Waals surface area contributed by atoms with E-state index >= 15 is 0 Å². The number of carbonyl (C=O) groups excluding carboxylic acids is 1. The molecule has 2 heterocycles. The smallest absolute Gasteiger partial charge is 0.255 e. The second-order valence-electron chi connectivity index (χ2n) is 6.29. The molecular formula is C20H19IN2O3. The lowest BCUT2D eigenvalue weighted by Crippen LogP contribution is -2.36. The molecule has 0 fully saturated rings. The van der Waals surface area contributed by atoms with Crippen LogP contribution in [0.15, 0.2) is 36.4 Å². The van der Waals surface area contributed by atoms with Crippen molar-refractivity contribution >= 4 is 39.4 Å². The van der Waals surface area contributed by atoms with Crippen LogP contribution in [0, 0.1) is 3.57 Å². The molecule has 6 heteroatoms. The van der Waals surface area contributed by atoms with Gasteiger partial charge in [0, 0.05) is 45.2 Å². The molecule has 1 aromatic heterocycles. The first-order valence-corrected chi connectivity index (χ1v) is 9.49. The maximum absolute atomic E-state index is 13.2. The highest BCUT2D eigenvalue weighted by Crippen LogP contribution is 2.33. The van der Waals surface area contributed by atoms with E-state index in [9.17, 15) is 4.79 Å². The first kappa shape index (κ1) is 17.2. The summed E-state index contributed by atoms with van der Waals surface area (Å²) in [6, 6.07) is 11.9. The minimum Gasteiger partial charge on any atom is -0.493 e. The molecule has 1 amide bonds. The van der Waals surface area contributed by atoms with Crippen LogP contribution >= 0.6 is 22.6 Å². The number of para-hydroxylation sites is 1. The van der Waals surface area contributed by atoms with Gasteiger partial charge in [0.2, 0.25) is 0 Å². The summed E-state index contributed by atoms with van der Waals surface area (Å²) >= 11 is 2.18. The summed E-state index contributed by atoms with van der Waals surface area (Å²) in [6.45, 7) is 1.31. The molecule has 0 bridgehead atoms. The van der Waals surface area contributed by atoms with Gasteiger partial charge in [0.1, 0.15) is 0 Å². The zero-order valence-corrected chi connectivity index (χ0v) is 16.8. The van der Waals surface area contributed by atoms with Crippen molar-refractivity contribution in [3.8, 4) is 11.5 Å². The molecule has 0 saturated heterocycles. The maximum atomic E-state index is 13.2. The number of H-pyrrole nitrogens is 1. The number of ether oxygens (including phenoxy) is 2. The third-order valence-corrected chi connectivity index (χ3v) is 5.77. The first-order valence-electron chi connectivity index (χ1n) is 8.41. The van der Waals surface area contributed by atoms with Gasteiger partial charge >= 0.3 is 0 Å². The van der Waals surface area contributed by atoms with Crippen LogP contribution in [0.1, 0.15) is 21.6 Å². The molecule has 26 heavy (non-hydrogen) atoms. The Morgan fingerprint density at radius 2 is 1.88 bits per heavy atom. The monoisotopic (exact) mass is 462 g/mol. The highest BCUT2D eigenvalue weighted by molar-refractivity contribution is 14.1. The summed E-state index contributed by atoms with van der Waals surface area (Å²) in [4.78, 5) is 18.6. The standard InChI is InChI=1S/C20H19IN2O3/c1-25-18-9-13(15(21)10-19(18)26-2)20(24)23-8-7-17-14(11-23)12-5-3-4-6-16(12)22-17/h3-6,9-10,22H,7-8,11H2,1-2H3. The SMILES string of the molecule is COc1cc(I)c(C(=O)N2CCc3[nH]c4ccccc4c3C2)cc1OC. The molecule has 0 unspecified atom stereocenters. The molecule has 5 nitrogen and oxygen atoms in total. The average molecular weight is 462 g/mol. The summed E-state index contributed by atoms with van der Waals surface area (Å²) in [5.41, 5.74) is 4.23. The van der Waals surface area contributed by atoms with Gasteiger partial charge in [-0.2, -0.15) is 0 Å². The van der Waals surface area contributed by atoms with Gasteiger partial charge in [-0.1, -0.05) is 18.2 Å². The zero-order chi connectivity index (χ0) is 18.3. The molecule has 0 spiro atoms. The number of nitrogens with zero attached hydrogens (tertiary/aromatic N) is 1. The van der Waals surface area contributed by atoms with E-state index in [1.807, 2.05) is 23.1 Å². The lowest BCUT2D eigenvalue weighted by Gasteiger charge is -2.28. The minimum atomic E-state index is 0.0197. The fourth-order valence-corrected chi connectivity index (χ4v) is 4.20. The highest BCUT2D eigenvalue weighted by Gasteiger charge is 2.26. The number of carbonyl (C=O) groups is 1. The van der Waals surface area contributed by atoms with Crippen LogP contribution in [0.3, 0.4) is 0 Å². The molecule has 1 aliphatic heterocycles. The molecule has 0 aliphatic carbocycles. The summed E-state index contributed by atoms with van der Waals surface area (Å²) < 4.78 is 11.5. The van der Waals surface area contributed by atoms with Crippen molar-refractivity contribution in [3.63, 3.8) is 0 Å². The Bertz CT molecular complexity index is 996. The van der Waals surface area contributed by atoms with Crippen molar-refractivity contribution in [2.24, 2.45) is 0 Å². The fourth-order valence-electron chi connectivity index (χ4n) is 3.53. The molecule has 1 aliphatic rings. The molecule has 4 rings (SSSR count). The molecule has 134 valence electrons. The van der Waals surface area contributed by atoms with E-state index in [1.54, 1.807) is 20.3 Å². The minimum absolute atomic E-state index is 0.0197. The van der Waals surface area contributed by atoms with Crippen molar-refractivity contribution in [2.45, 2.75) is 13.0 Å². The Morgan fingerprint density at radius 1 is 1.15 bits per heavy atom. The second kappa shape index (κ2) is 6.83. The Kier molecular flexibility index (Phi) is 4.52. The van der Waals surface area contributed by atoms with Crippen molar-refractivity contribution in [3.05, 3.63) is 56.8 Å². The molecule has 3 aromatic rings. The van der Waals surface area contributed by atoms with Gasteiger partial charge in [-0.25, -0.2) is 0 Å². The maximum Gasteiger partial charge on any atom is 0.255 e. The van der Waals surface area contributed by atoms with Gasteiger partial charge in [-0.15, -0.1) is 0 Å². The van der Waals surface area contributed by atoms with Crippen molar-refractivity contribution in [1.82, 2.24) is 9.88 Å². The number of nitrogens with one attached hydrogen (secondary N) is 1. The predicted octanol–water partition coefficient (Wildman–Crippen LogP) is 3.99. The number of methoxy groups -OCH3 is 2. The summed E-state index contributed by atoms with van der Waals surface area (Å²) in [5.74, 6) is 1.22. The van der Waals surface area contributed by atoms with Gasteiger partial charge in [-0.05, 0) is 40.8 Å². The Labute approximate surface area is 165 Å². The number of amides is 1. The van der Waals surface area contributed by atoms with Crippen LogP contribution in [0.5, 0.6) is 11.5 Å². The number of hydrogen-bond donors (Lipinski definition) is 1. The summed E-state index contributed by atoms with van der Waals surface area (Å²) in [6.07, 6.45) is 0.833. The van der Waals surface area contributed by atoms with Crippen molar-refractivity contribution in [1.29, 1.82) is 0 Å². The molecular weight excluding hydrogens is 443 g/mol. The van der Waals surface area contributed by atoms with Crippen LogP contribution in [0.4, 0.5) is 0 Å². The first-order chi connectivity index (χ1) is 12.6. The van der Waals surface area contributed by atoms with Crippen LogP contribution < -0.4 is 9.47 Å². The van der Waals surface area contributed by atoms with Crippen molar-refractivity contribution in [2.75, 3.05) is 20.8 Å². The number of fused-ring (bicyclic) bond motifs is 3. The highest BCUT2D eigenvalue weighted by atomic mass is 127. The van der Waals surface area contributed by atoms with Crippen LogP contribution in [0.25, 0.3) is 10.9 Å². The van der Waals surface area contributed by atoms with Gasteiger partial charge in [-0.3, -0.25) is 4.79 Å². The predicted molar refractivity (Wildman–Crippen MR) is 109 cm³/mol. The number of rotatable bonds is 3. The van der Waals surface area contributed by atoms with E-state index in [4.69, 9.17) is 9.47 Å². The number of halogens is 1. The van der Waals surface area contributed by atoms with E-state index < -0.39 is 0 Å². The van der Waals surface area contributed by atoms with Crippen molar-refractivity contribution < 1.29 is 14.3 Å². The quantitative estimate of drug-likeness (QED) is 0.600. The topological polar surface area (TPSA) is 54.6 Å². The van der Waals surface area contributed by atoms with E-state index in [0.29, 0.717) is 30.2 Å². The summed E-state index contributed by atoms with van der Waals surface area (Å²) in [7, 11) is 3.18. The Balaban J connectivity index is 1.68. The fraction of sp³-hybridized carbons (Fsp3) is 0.250. The Hall–Kier alpha value is -2.22. The van der Waals surface area contributed by atoms with Crippen LogP contribution in [0.2, 0.25) is 0 Å². The lowest BCUT2D eigenvalue weighted by molar-refractivity contribution is 0.0733. The van der Waals surface area contributed by atoms with Gasteiger partial charge in [0.15, 0.2) is 11.5 Å². The molecule has 0 radical (unpaired) electrons. The molecule has 1 N–H and O–H groups in total. The van der Waals surface area contributed by atoms with Crippen LogP contribution in [-0.4, -0.2) is 36.6 Å². The largest absolute Gasteiger partial charge is 0.493 e. The third kappa shape index (κ3) is 2.82.